The van der Waals surface area contributed by atoms with Crippen LogP contribution in [0.5, 0.6) is 0 Å². The SMILES string of the molecule is CN(C)CCCNc1nc(Nc2ccc(Cl)c(Cl)c2)ncc1NC(=O)N1CCOCC1. The summed E-state index contributed by atoms with van der Waals surface area (Å²) in [5.41, 5.74) is 1.22. The third kappa shape index (κ3) is 7.10. The minimum atomic E-state index is -0.201. The molecule has 168 valence electrons. The first-order valence-electron chi connectivity index (χ1n) is 10.0. The van der Waals surface area contributed by atoms with Crippen molar-refractivity contribution in [2.45, 2.75) is 6.42 Å². The molecule has 0 unspecified atom stereocenters. The summed E-state index contributed by atoms with van der Waals surface area (Å²) in [6.45, 7) is 3.80. The van der Waals surface area contributed by atoms with E-state index in [1.54, 1.807) is 29.3 Å². The lowest BCUT2D eigenvalue weighted by atomic mass is 10.3. The van der Waals surface area contributed by atoms with E-state index in [0.29, 0.717) is 66.0 Å². The highest BCUT2D eigenvalue weighted by Gasteiger charge is 2.19. The third-order valence-corrected chi connectivity index (χ3v) is 5.32. The molecule has 1 aliphatic heterocycles. The van der Waals surface area contributed by atoms with E-state index in [-0.39, 0.29) is 6.03 Å². The van der Waals surface area contributed by atoms with Crippen LogP contribution in [0.15, 0.2) is 24.4 Å². The molecule has 0 radical (unpaired) electrons. The Bertz CT molecular complexity index is 892. The lowest BCUT2D eigenvalue weighted by Crippen LogP contribution is -2.43. The summed E-state index contributed by atoms with van der Waals surface area (Å²) in [6.07, 6.45) is 2.50. The number of nitrogens with zero attached hydrogens (tertiary/aromatic N) is 4. The van der Waals surface area contributed by atoms with Crippen molar-refractivity contribution in [1.82, 2.24) is 19.8 Å². The van der Waals surface area contributed by atoms with Crippen LogP contribution >= 0.6 is 23.2 Å². The molecule has 2 heterocycles. The molecule has 9 nitrogen and oxygen atoms in total. The smallest absolute Gasteiger partial charge is 0.322 e. The summed E-state index contributed by atoms with van der Waals surface area (Å²) < 4.78 is 5.31. The monoisotopic (exact) mass is 467 g/mol. The largest absolute Gasteiger partial charge is 0.378 e. The van der Waals surface area contributed by atoms with Crippen LogP contribution in [-0.2, 0) is 4.74 Å². The van der Waals surface area contributed by atoms with Crippen LogP contribution in [0, 0.1) is 0 Å². The van der Waals surface area contributed by atoms with Gasteiger partial charge >= 0.3 is 6.03 Å². The maximum absolute atomic E-state index is 12.6. The number of hydrogen-bond acceptors (Lipinski definition) is 7. The Labute approximate surface area is 192 Å². The number of morpholine rings is 1. The van der Waals surface area contributed by atoms with Crippen molar-refractivity contribution < 1.29 is 9.53 Å². The van der Waals surface area contributed by atoms with Gasteiger partial charge in [0.1, 0.15) is 5.69 Å². The summed E-state index contributed by atoms with van der Waals surface area (Å²) in [4.78, 5) is 25.3. The number of ether oxygens (including phenoxy) is 1. The second kappa shape index (κ2) is 11.3. The second-order valence-corrected chi connectivity index (χ2v) is 8.14. The Kier molecular flexibility index (Phi) is 8.53. The van der Waals surface area contributed by atoms with Crippen molar-refractivity contribution in [2.24, 2.45) is 0 Å². The van der Waals surface area contributed by atoms with Crippen molar-refractivity contribution in [2.75, 3.05) is 69.4 Å². The Morgan fingerprint density at radius 3 is 2.71 bits per heavy atom. The lowest BCUT2D eigenvalue weighted by Gasteiger charge is -2.27. The molecular formula is C20H27Cl2N7O2. The maximum Gasteiger partial charge on any atom is 0.322 e. The van der Waals surface area contributed by atoms with Crippen LogP contribution in [0.4, 0.5) is 27.9 Å². The van der Waals surface area contributed by atoms with E-state index in [1.807, 2.05) is 14.1 Å². The molecule has 3 rings (SSSR count). The molecule has 0 saturated carbocycles. The topological polar surface area (TPSA) is 94.7 Å². The zero-order valence-electron chi connectivity index (χ0n) is 17.6. The molecule has 31 heavy (non-hydrogen) atoms. The Hall–Kier alpha value is -2.33. The Morgan fingerprint density at radius 2 is 2.00 bits per heavy atom. The number of urea groups is 1. The van der Waals surface area contributed by atoms with Gasteiger partial charge in [0.25, 0.3) is 0 Å². The highest BCUT2D eigenvalue weighted by atomic mass is 35.5. The number of rotatable bonds is 8. The van der Waals surface area contributed by atoms with Gasteiger partial charge in [-0.2, -0.15) is 4.98 Å². The number of anilines is 4. The standard InChI is InChI=1S/C20H27Cl2N7O2/c1-28(2)7-3-6-23-18-17(26-20(30)29-8-10-31-11-9-29)13-24-19(27-18)25-14-4-5-15(21)16(22)12-14/h4-5,12-13H,3,6-11H2,1-2H3,(H,26,30)(H2,23,24,25,27). The van der Waals surface area contributed by atoms with Crippen molar-refractivity contribution in [3.8, 4) is 0 Å². The first kappa shape index (κ1) is 23.3. The Balaban J connectivity index is 1.74. The number of hydrogen-bond donors (Lipinski definition) is 3. The molecule has 0 bridgehead atoms. The van der Waals surface area contributed by atoms with Crippen molar-refractivity contribution in [3.63, 3.8) is 0 Å². The molecular weight excluding hydrogens is 441 g/mol. The van der Waals surface area contributed by atoms with Crippen LogP contribution < -0.4 is 16.0 Å². The molecule has 1 aromatic carbocycles. The molecule has 2 aromatic rings. The first-order valence-corrected chi connectivity index (χ1v) is 10.8. The van der Waals surface area contributed by atoms with Gasteiger partial charge in [0, 0.05) is 25.3 Å². The van der Waals surface area contributed by atoms with Gasteiger partial charge in [0.2, 0.25) is 5.95 Å². The van der Waals surface area contributed by atoms with Gasteiger partial charge in [-0.3, -0.25) is 0 Å². The lowest BCUT2D eigenvalue weighted by molar-refractivity contribution is 0.0564. The van der Waals surface area contributed by atoms with Crippen LogP contribution in [0.2, 0.25) is 10.0 Å². The highest BCUT2D eigenvalue weighted by molar-refractivity contribution is 6.42. The minimum absolute atomic E-state index is 0.201. The quantitative estimate of drug-likeness (QED) is 0.508. The van der Waals surface area contributed by atoms with Crippen molar-refractivity contribution >= 4 is 52.4 Å². The molecule has 0 spiro atoms. The van der Waals surface area contributed by atoms with Crippen LogP contribution in [0.3, 0.4) is 0 Å². The first-order chi connectivity index (χ1) is 14.9. The van der Waals surface area contributed by atoms with E-state index < -0.39 is 0 Å². The predicted octanol–water partition coefficient (Wildman–Crippen LogP) is 3.75. The third-order valence-electron chi connectivity index (χ3n) is 4.58. The number of halogens is 2. The number of aromatic nitrogens is 2. The number of carbonyl (C=O) groups is 1. The summed E-state index contributed by atoms with van der Waals surface area (Å²) in [5, 5.41) is 10.2. The van der Waals surface area contributed by atoms with Crippen molar-refractivity contribution in [3.05, 3.63) is 34.4 Å². The summed E-state index contributed by atoms with van der Waals surface area (Å²) in [5.74, 6) is 0.913. The maximum atomic E-state index is 12.6. The van der Waals surface area contributed by atoms with Gasteiger partial charge in [0.15, 0.2) is 5.82 Å². The van der Waals surface area contributed by atoms with Crippen LogP contribution in [0.25, 0.3) is 0 Å². The van der Waals surface area contributed by atoms with Crippen LogP contribution in [0.1, 0.15) is 6.42 Å². The van der Waals surface area contributed by atoms with Gasteiger partial charge in [-0.25, -0.2) is 9.78 Å². The average Bonchev–Trinajstić information content (AvgIpc) is 2.76. The highest BCUT2D eigenvalue weighted by Crippen LogP contribution is 2.27. The molecule has 0 aliphatic carbocycles. The molecule has 1 aromatic heterocycles. The molecule has 1 saturated heterocycles. The summed E-state index contributed by atoms with van der Waals surface area (Å²) >= 11 is 12.1. The molecule has 0 atom stereocenters. The number of nitrogens with one attached hydrogen (secondary N) is 3. The Morgan fingerprint density at radius 1 is 1.23 bits per heavy atom. The van der Waals surface area contributed by atoms with E-state index in [2.05, 4.69) is 30.8 Å². The summed E-state index contributed by atoms with van der Waals surface area (Å²) in [6, 6.07) is 4.98. The second-order valence-electron chi connectivity index (χ2n) is 7.32. The van der Waals surface area contributed by atoms with E-state index in [9.17, 15) is 4.79 Å². The number of carbonyl (C=O) groups excluding carboxylic acids is 1. The van der Waals surface area contributed by atoms with E-state index in [4.69, 9.17) is 27.9 Å². The average molecular weight is 468 g/mol. The fourth-order valence-corrected chi connectivity index (χ4v) is 3.23. The van der Waals surface area contributed by atoms with Gasteiger partial charge in [0.05, 0.1) is 29.5 Å². The fourth-order valence-electron chi connectivity index (χ4n) is 2.93. The van der Waals surface area contributed by atoms with E-state index >= 15 is 0 Å². The van der Waals surface area contributed by atoms with Gasteiger partial charge in [-0.1, -0.05) is 23.2 Å². The van der Waals surface area contributed by atoms with Crippen molar-refractivity contribution in [1.29, 1.82) is 0 Å². The molecule has 3 N–H and O–H groups in total. The van der Waals surface area contributed by atoms with Gasteiger partial charge in [-0.05, 0) is 45.3 Å². The fraction of sp³-hybridized carbons (Fsp3) is 0.450. The molecule has 1 fully saturated rings. The van der Waals surface area contributed by atoms with E-state index in [1.165, 1.54) is 0 Å². The van der Waals surface area contributed by atoms with Gasteiger partial charge < -0.3 is 30.5 Å². The zero-order chi connectivity index (χ0) is 22.2. The molecule has 2 amide bonds. The number of amides is 2. The van der Waals surface area contributed by atoms with Gasteiger partial charge in [-0.15, -0.1) is 0 Å². The summed E-state index contributed by atoms with van der Waals surface area (Å²) in [7, 11) is 4.05. The number of benzene rings is 1. The van der Waals surface area contributed by atoms with Crippen LogP contribution in [-0.4, -0.2) is 79.3 Å². The normalized spacial score (nSPS) is 13.9. The zero-order valence-corrected chi connectivity index (χ0v) is 19.1. The molecule has 11 heteroatoms. The minimum Gasteiger partial charge on any atom is -0.378 e. The predicted molar refractivity (Wildman–Crippen MR) is 125 cm³/mol. The van der Waals surface area contributed by atoms with E-state index in [0.717, 1.165) is 13.0 Å². The molecule has 1 aliphatic rings.